The van der Waals surface area contributed by atoms with Crippen molar-refractivity contribution in [3.63, 3.8) is 0 Å². The predicted octanol–water partition coefficient (Wildman–Crippen LogP) is 1.80. The minimum absolute atomic E-state index is 0.257. The van der Waals surface area contributed by atoms with Crippen molar-refractivity contribution in [2.75, 3.05) is 6.61 Å². The van der Waals surface area contributed by atoms with Crippen LogP contribution in [0.15, 0.2) is 11.6 Å². The molecule has 14 heavy (non-hydrogen) atoms. The number of rotatable bonds is 6. The summed E-state index contributed by atoms with van der Waals surface area (Å²) in [5.41, 5.74) is 0.279. The molecule has 0 aliphatic rings. The lowest BCUT2D eigenvalue weighted by molar-refractivity contribution is -0.142. The van der Waals surface area contributed by atoms with E-state index in [2.05, 4.69) is 0 Å². The van der Waals surface area contributed by atoms with E-state index in [0.29, 0.717) is 6.61 Å². The van der Waals surface area contributed by atoms with Crippen molar-refractivity contribution in [2.24, 2.45) is 0 Å². The summed E-state index contributed by atoms with van der Waals surface area (Å²) in [6, 6.07) is 0. The molecule has 82 valence electrons. The third kappa shape index (κ3) is 5.72. The average molecular weight is 202 g/mol. The molecule has 0 aromatic carbocycles. The Balaban J connectivity index is 4.02. The SMILES string of the molecule is CCOC(C)OC(C)C=C(C)C(=O)O. The molecule has 0 amide bonds. The Morgan fingerprint density at radius 1 is 1.50 bits per heavy atom. The van der Waals surface area contributed by atoms with E-state index in [1.165, 1.54) is 6.92 Å². The smallest absolute Gasteiger partial charge is 0.331 e. The third-order valence-corrected chi connectivity index (χ3v) is 1.63. The van der Waals surface area contributed by atoms with Crippen molar-refractivity contribution >= 4 is 5.97 Å². The minimum atomic E-state index is -0.926. The molecule has 0 aromatic rings. The molecule has 0 radical (unpaired) electrons. The molecule has 2 atom stereocenters. The molecule has 0 rings (SSSR count). The van der Waals surface area contributed by atoms with Gasteiger partial charge in [-0.3, -0.25) is 0 Å². The lowest BCUT2D eigenvalue weighted by Crippen LogP contribution is -2.19. The lowest BCUT2D eigenvalue weighted by Gasteiger charge is -2.16. The molecule has 0 fully saturated rings. The zero-order chi connectivity index (χ0) is 11.1. The van der Waals surface area contributed by atoms with Gasteiger partial charge in [0.05, 0.1) is 6.10 Å². The number of carboxylic acid groups (broad SMARTS) is 1. The van der Waals surface area contributed by atoms with E-state index in [4.69, 9.17) is 14.6 Å². The predicted molar refractivity (Wildman–Crippen MR) is 53.0 cm³/mol. The van der Waals surface area contributed by atoms with Crippen molar-refractivity contribution in [1.29, 1.82) is 0 Å². The van der Waals surface area contributed by atoms with E-state index >= 15 is 0 Å². The Morgan fingerprint density at radius 2 is 2.07 bits per heavy atom. The Bertz CT molecular complexity index is 210. The summed E-state index contributed by atoms with van der Waals surface area (Å²) in [7, 11) is 0. The summed E-state index contributed by atoms with van der Waals surface area (Å²) in [5, 5.41) is 8.61. The highest BCUT2D eigenvalue weighted by molar-refractivity contribution is 5.85. The van der Waals surface area contributed by atoms with E-state index in [1.54, 1.807) is 19.9 Å². The Kier molecular flexibility index (Phi) is 6.16. The number of ether oxygens (including phenoxy) is 2. The average Bonchev–Trinajstić information content (AvgIpc) is 2.03. The maximum atomic E-state index is 10.5. The van der Waals surface area contributed by atoms with Crippen molar-refractivity contribution in [3.05, 3.63) is 11.6 Å². The van der Waals surface area contributed by atoms with Gasteiger partial charge in [-0.05, 0) is 33.8 Å². The van der Waals surface area contributed by atoms with Gasteiger partial charge in [-0.15, -0.1) is 0 Å². The fraction of sp³-hybridized carbons (Fsp3) is 0.700. The molecule has 0 spiro atoms. The molecule has 0 saturated heterocycles. The van der Waals surface area contributed by atoms with Crippen LogP contribution in [0.1, 0.15) is 27.7 Å². The Hall–Kier alpha value is -0.870. The first-order valence-electron chi connectivity index (χ1n) is 4.66. The second-order valence-electron chi connectivity index (χ2n) is 3.02. The van der Waals surface area contributed by atoms with Crippen molar-refractivity contribution in [2.45, 2.75) is 40.1 Å². The lowest BCUT2D eigenvalue weighted by atomic mass is 10.2. The molecule has 1 N–H and O–H groups in total. The molecular formula is C10H18O4. The van der Waals surface area contributed by atoms with Gasteiger partial charge in [-0.25, -0.2) is 4.79 Å². The van der Waals surface area contributed by atoms with E-state index in [1.807, 2.05) is 6.92 Å². The third-order valence-electron chi connectivity index (χ3n) is 1.63. The maximum Gasteiger partial charge on any atom is 0.331 e. The van der Waals surface area contributed by atoms with Gasteiger partial charge in [-0.2, -0.15) is 0 Å². The summed E-state index contributed by atoms with van der Waals surface area (Å²) in [6.07, 6.45) is 0.984. The maximum absolute atomic E-state index is 10.5. The van der Waals surface area contributed by atoms with Gasteiger partial charge in [-0.1, -0.05) is 0 Å². The second kappa shape index (κ2) is 6.56. The van der Waals surface area contributed by atoms with Crippen molar-refractivity contribution in [3.8, 4) is 0 Å². The largest absolute Gasteiger partial charge is 0.478 e. The molecule has 0 saturated carbocycles. The summed E-state index contributed by atoms with van der Waals surface area (Å²) in [6.45, 7) is 7.55. The van der Waals surface area contributed by atoms with Crippen molar-refractivity contribution in [1.82, 2.24) is 0 Å². The van der Waals surface area contributed by atoms with Crippen LogP contribution in [0.2, 0.25) is 0 Å². The first-order chi connectivity index (χ1) is 6.47. The van der Waals surface area contributed by atoms with Gasteiger partial charge < -0.3 is 14.6 Å². The molecule has 0 aromatic heterocycles. The van der Waals surface area contributed by atoms with E-state index in [0.717, 1.165) is 0 Å². The number of aliphatic carboxylic acids is 1. The van der Waals surface area contributed by atoms with Gasteiger partial charge in [0.25, 0.3) is 0 Å². The second-order valence-corrected chi connectivity index (χ2v) is 3.02. The zero-order valence-electron chi connectivity index (χ0n) is 9.11. The van der Waals surface area contributed by atoms with Crippen LogP contribution in [0, 0.1) is 0 Å². The highest BCUT2D eigenvalue weighted by atomic mass is 16.7. The Morgan fingerprint density at radius 3 is 2.50 bits per heavy atom. The van der Waals surface area contributed by atoms with Crippen LogP contribution in [-0.4, -0.2) is 30.1 Å². The van der Waals surface area contributed by atoms with Crippen LogP contribution in [0.4, 0.5) is 0 Å². The normalized spacial score (nSPS) is 16.4. The highest BCUT2D eigenvalue weighted by Crippen LogP contribution is 2.04. The Labute approximate surface area is 84.5 Å². The van der Waals surface area contributed by atoms with Gasteiger partial charge in [0, 0.05) is 12.2 Å². The fourth-order valence-electron chi connectivity index (χ4n) is 1.04. The summed E-state index contributed by atoms with van der Waals surface area (Å²) in [5.74, 6) is -0.926. The molecular weight excluding hydrogens is 184 g/mol. The summed E-state index contributed by atoms with van der Waals surface area (Å²) >= 11 is 0. The van der Waals surface area contributed by atoms with Gasteiger partial charge in [0.1, 0.15) is 0 Å². The fourth-order valence-corrected chi connectivity index (χ4v) is 1.04. The number of hydrogen-bond donors (Lipinski definition) is 1. The molecule has 0 aliphatic carbocycles. The van der Waals surface area contributed by atoms with Crippen LogP contribution in [-0.2, 0) is 14.3 Å². The first kappa shape index (κ1) is 13.1. The first-order valence-corrected chi connectivity index (χ1v) is 4.66. The molecule has 4 heteroatoms. The van der Waals surface area contributed by atoms with Crippen molar-refractivity contribution < 1.29 is 19.4 Å². The molecule has 0 bridgehead atoms. The zero-order valence-corrected chi connectivity index (χ0v) is 9.11. The highest BCUT2D eigenvalue weighted by Gasteiger charge is 2.08. The minimum Gasteiger partial charge on any atom is -0.478 e. The molecule has 0 aliphatic heterocycles. The summed E-state index contributed by atoms with van der Waals surface area (Å²) in [4.78, 5) is 10.5. The van der Waals surface area contributed by atoms with Gasteiger partial charge in [0.2, 0.25) is 0 Å². The molecule has 4 nitrogen and oxygen atoms in total. The van der Waals surface area contributed by atoms with E-state index in [-0.39, 0.29) is 18.0 Å². The molecule has 0 heterocycles. The van der Waals surface area contributed by atoms with E-state index in [9.17, 15) is 4.79 Å². The van der Waals surface area contributed by atoms with Crippen LogP contribution in [0.3, 0.4) is 0 Å². The van der Waals surface area contributed by atoms with Crippen LogP contribution in [0.5, 0.6) is 0 Å². The van der Waals surface area contributed by atoms with Gasteiger partial charge in [0.15, 0.2) is 6.29 Å². The number of carboxylic acids is 1. The molecule has 2 unspecified atom stereocenters. The van der Waals surface area contributed by atoms with Gasteiger partial charge >= 0.3 is 5.97 Å². The quantitative estimate of drug-likeness (QED) is 0.527. The van der Waals surface area contributed by atoms with Crippen LogP contribution >= 0.6 is 0 Å². The van der Waals surface area contributed by atoms with E-state index < -0.39 is 5.97 Å². The van der Waals surface area contributed by atoms with Crippen LogP contribution in [0.25, 0.3) is 0 Å². The number of carbonyl (C=O) groups is 1. The standard InChI is InChI=1S/C10H18O4/c1-5-13-9(4)14-8(3)6-7(2)10(11)12/h6,8-9H,5H2,1-4H3,(H,11,12). The number of hydrogen-bond acceptors (Lipinski definition) is 3. The summed E-state index contributed by atoms with van der Waals surface area (Å²) < 4.78 is 10.5. The monoisotopic (exact) mass is 202 g/mol. The van der Waals surface area contributed by atoms with Crippen LogP contribution < -0.4 is 0 Å². The topological polar surface area (TPSA) is 55.8 Å².